The van der Waals surface area contributed by atoms with Crippen LogP contribution < -0.4 is 5.32 Å². The Morgan fingerprint density at radius 2 is 2.37 bits per heavy atom. The SMILES string of the molecule is Cc1ccc(O)c(C(=O)NCC2CN(C)CCO2)c1. The van der Waals surface area contributed by atoms with Gasteiger partial charge in [-0.1, -0.05) is 11.6 Å². The quantitative estimate of drug-likeness (QED) is 0.846. The molecule has 1 heterocycles. The molecule has 2 N–H and O–H groups in total. The third kappa shape index (κ3) is 3.68. The highest BCUT2D eigenvalue weighted by molar-refractivity contribution is 5.96. The Balaban J connectivity index is 1.92. The van der Waals surface area contributed by atoms with Gasteiger partial charge in [0.15, 0.2) is 0 Å². The van der Waals surface area contributed by atoms with Crippen LogP contribution in [0.3, 0.4) is 0 Å². The maximum atomic E-state index is 12.0. The smallest absolute Gasteiger partial charge is 0.255 e. The van der Waals surface area contributed by atoms with Crippen LogP contribution in [0.5, 0.6) is 5.75 Å². The molecule has 104 valence electrons. The Kier molecular flexibility index (Phi) is 4.39. The zero-order valence-electron chi connectivity index (χ0n) is 11.3. The number of phenolic OH excluding ortho intramolecular Hbond substituents is 1. The van der Waals surface area contributed by atoms with E-state index in [0.717, 1.165) is 18.7 Å². The second-order valence-corrected chi connectivity index (χ2v) is 4.99. The zero-order valence-corrected chi connectivity index (χ0v) is 11.3. The second-order valence-electron chi connectivity index (χ2n) is 4.99. The number of hydrogen-bond donors (Lipinski definition) is 2. The minimum Gasteiger partial charge on any atom is -0.507 e. The predicted molar refractivity (Wildman–Crippen MR) is 72.4 cm³/mol. The number of aromatic hydroxyl groups is 1. The zero-order chi connectivity index (χ0) is 13.8. The number of aryl methyl sites for hydroxylation is 1. The van der Waals surface area contributed by atoms with Crippen LogP contribution in [0.1, 0.15) is 15.9 Å². The molecule has 0 radical (unpaired) electrons. The molecule has 5 nitrogen and oxygen atoms in total. The summed E-state index contributed by atoms with van der Waals surface area (Å²) >= 11 is 0. The van der Waals surface area contributed by atoms with Crippen molar-refractivity contribution in [3.8, 4) is 5.75 Å². The van der Waals surface area contributed by atoms with Gasteiger partial charge in [0, 0.05) is 19.6 Å². The van der Waals surface area contributed by atoms with Crippen molar-refractivity contribution in [3.05, 3.63) is 29.3 Å². The molecule has 2 rings (SSSR count). The fourth-order valence-electron chi connectivity index (χ4n) is 2.12. The average molecular weight is 264 g/mol. The van der Waals surface area contributed by atoms with E-state index in [1.165, 1.54) is 6.07 Å². The van der Waals surface area contributed by atoms with Gasteiger partial charge in [0.2, 0.25) is 0 Å². The topological polar surface area (TPSA) is 61.8 Å². The van der Waals surface area contributed by atoms with E-state index in [9.17, 15) is 9.90 Å². The van der Waals surface area contributed by atoms with E-state index in [0.29, 0.717) is 18.7 Å². The lowest BCUT2D eigenvalue weighted by Gasteiger charge is -2.30. The molecule has 1 amide bonds. The summed E-state index contributed by atoms with van der Waals surface area (Å²) in [4.78, 5) is 14.2. The third-order valence-electron chi connectivity index (χ3n) is 3.23. The summed E-state index contributed by atoms with van der Waals surface area (Å²) in [5, 5.41) is 12.5. The van der Waals surface area contributed by atoms with Gasteiger partial charge in [-0.25, -0.2) is 0 Å². The number of phenols is 1. The van der Waals surface area contributed by atoms with Crippen LogP contribution in [0.25, 0.3) is 0 Å². The highest BCUT2D eigenvalue weighted by Gasteiger charge is 2.19. The summed E-state index contributed by atoms with van der Waals surface area (Å²) in [5.74, 6) is -0.261. The maximum absolute atomic E-state index is 12.0. The van der Waals surface area contributed by atoms with Crippen molar-refractivity contribution >= 4 is 5.91 Å². The first-order chi connectivity index (χ1) is 9.06. The first kappa shape index (κ1) is 13.8. The van der Waals surface area contributed by atoms with Crippen molar-refractivity contribution in [1.29, 1.82) is 0 Å². The Hall–Kier alpha value is -1.59. The summed E-state index contributed by atoms with van der Waals surface area (Å²) in [7, 11) is 2.03. The van der Waals surface area contributed by atoms with Gasteiger partial charge in [0.1, 0.15) is 5.75 Å². The van der Waals surface area contributed by atoms with Crippen LogP contribution in [0.2, 0.25) is 0 Å². The number of ether oxygens (including phenoxy) is 1. The van der Waals surface area contributed by atoms with E-state index in [1.54, 1.807) is 12.1 Å². The molecule has 1 aliphatic heterocycles. The van der Waals surface area contributed by atoms with Gasteiger partial charge in [-0.2, -0.15) is 0 Å². The van der Waals surface area contributed by atoms with Gasteiger partial charge in [0.05, 0.1) is 18.3 Å². The molecular weight excluding hydrogens is 244 g/mol. The van der Waals surface area contributed by atoms with Crippen molar-refractivity contribution < 1.29 is 14.6 Å². The van der Waals surface area contributed by atoms with E-state index in [-0.39, 0.29) is 17.8 Å². The lowest BCUT2D eigenvalue weighted by atomic mass is 10.1. The lowest BCUT2D eigenvalue weighted by molar-refractivity contribution is -0.0175. The van der Waals surface area contributed by atoms with Gasteiger partial charge < -0.3 is 20.1 Å². The number of amides is 1. The normalized spacial score (nSPS) is 20.2. The van der Waals surface area contributed by atoms with Gasteiger partial charge in [-0.3, -0.25) is 4.79 Å². The van der Waals surface area contributed by atoms with Crippen molar-refractivity contribution in [2.45, 2.75) is 13.0 Å². The van der Waals surface area contributed by atoms with Crippen molar-refractivity contribution in [2.24, 2.45) is 0 Å². The summed E-state index contributed by atoms with van der Waals surface area (Å²) in [6.07, 6.45) is 0.00894. The van der Waals surface area contributed by atoms with Gasteiger partial charge in [-0.15, -0.1) is 0 Å². The molecule has 19 heavy (non-hydrogen) atoms. The van der Waals surface area contributed by atoms with Crippen LogP contribution in [-0.2, 0) is 4.74 Å². The van der Waals surface area contributed by atoms with Gasteiger partial charge in [0.25, 0.3) is 5.91 Å². The Morgan fingerprint density at radius 3 is 3.11 bits per heavy atom. The molecule has 5 heteroatoms. The van der Waals surface area contributed by atoms with E-state index in [1.807, 2.05) is 14.0 Å². The molecule has 1 aromatic rings. The molecule has 1 unspecified atom stereocenters. The molecule has 0 saturated carbocycles. The monoisotopic (exact) mass is 264 g/mol. The van der Waals surface area contributed by atoms with Crippen LogP contribution in [-0.4, -0.2) is 55.3 Å². The molecule has 1 atom stereocenters. The number of hydrogen-bond acceptors (Lipinski definition) is 4. The minimum absolute atomic E-state index is 0.00443. The number of carbonyl (C=O) groups excluding carboxylic acids is 1. The molecule has 1 saturated heterocycles. The Labute approximate surface area is 113 Å². The largest absolute Gasteiger partial charge is 0.507 e. The number of benzene rings is 1. The second kappa shape index (κ2) is 6.04. The molecule has 0 spiro atoms. The first-order valence-electron chi connectivity index (χ1n) is 6.44. The summed E-state index contributed by atoms with van der Waals surface area (Å²) < 4.78 is 5.57. The van der Waals surface area contributed by atoms with Crippen molar-refractivity contribution in [2.75, 3.05) is 33.3 Å². The summed E-state index contributed by atoms with van der Waals surface area (Å²) in [5.41, 5.74) is 1.25. The number of nitrogens with zero attached hydrogens (tertiary/aromatic N) is 1. The standard InChI is InChI=1S/C14H20N2O3/c1-10-3-4-13(17)12(7-10)14(18)15-8-11-9-16(2)5-6-19-11/h3-4,7,11,17H,5-6,8-9H2,1-2H3,(H,15,18). The fraction of sp³-hybridized carbons (Fsp3) is 0.500. The third-order valence-corrected chi connectivity index (χ3v) is 3.23. The van der Waals surface area contributed by atoms with Crippen LogP contribution >= 0.6 is 0 Å². The van der Waals surface area contributed by atoms with Crippen molar-refractivity contribution in [3.63, 3.8) is 0 Å². The molecule has 0 aromatic heterocycles. The minimum atomic E-state index is -0.266. The molecule has 0 bridgehead atoms. The van der Waals surface area contributed by atoms with E-state index in [2.05, 4.69) is 10.2 Å². The number of nitrogens with one attached hydrogen (secondary N) is 1. The first-order valence-corrected chi connectivity index (χ1v) is 6.44. The van der Waals surface area contributed by atoms with E-state index in [4.69, 9.17) is 4.74 Å². The van der Waals surface area contributed by atoms with E-state index >= 15 is 0 Å². The summed E-state index contributed by atoms with van der Waals surface area (Å²) in [6, 6.07) is 4.99. The molecule has 1 aromatic carbocycles. The molecule has 1 aliphatic rings. The highest BCUT2D eigenvalue weighted by Crippen LogP contribution is 2.17. The Bertz CT molecular complexity index is 462. The Morgan fingerprint density at radius 1 is 1.58 bits per heavy atom. The maximum Gasteiger partial charge on any atom is 0.255 e. The number of carbonyl (C=O) groups is 1. The molecule has 0 aliphatic carbocycles. The van der Waals surface area contributed by atoms with Crippen molar-refractivity contribution in [1.82, 2.24) is 10.2 Å². The predicted octanol–water partition coefficient (Wildman–Crippen LogP) is 0.761. The lowest BCUT2D eigenvalue weighted by Crippen LogP contribution is -2.45. The average Bonchev–Trinajstić information content (AvgIpc) is 2.39. The molecule has 1 fully saturated rings. The van der Waals surface area contributed by atoms with E-state index < -0.39 is 0 Å². The highest BCUT2D eigenvalue weighted by atomic mass is 16.5. The number of rotatable bonds is 3. The molecular formula is C14H20N2O3. The van der Waals surface area contributed by atoms with Crippen LogP contribution in [0.4, 0.5) is 0 Å². The number of morpholine rings is 1. The summed E-state index contributed by atoms with van der Waals surface area (Å²) in [6.45, 7) is 4.75. The van der Waals surface area contributed by atoms with Crippen LogP contribution in [0.15, 0.2) is 18.2 Å². The van der Waals surface area contributed by atoms with Gasteiger partial charge in [-0.05, 0) is 26.1 Å². The number of likely N-dealkylation sites (N-methyl/N-ethyl adjacent to an activating group) is 1. The van der Waals surface area contributed by atoms with Gasteiger partial charge >= 0.3 is 0 Å². The van der Waals surface area contributed by atoms with Crippen LogP contribution in [0, 0.1) is 6.92 Å². The fourth-order valence-corrected chi connectivity index (χ4v) is 2.12.